The smallest absolute Gasteiger partial charge is 0.254 e. The van der Waals surface area contributed by atoms with E-state index in [4.69, 9.17) is 15.2 Å². The summed E-state index contributed by atoms with van der Waals surface area (Å²) in [5.74, 6) is 0. The van der Waals surface area contributed by atoms with Crippen LogP contribution in [-0.2, 0) is 9.47 Å². The van der Waals surface area contributed by atoms with Gasteiger partial charge in [-0.3, -0.25) is 0 Å². The molecule has 1 unspecified atom stereocenters. The lowest BCUT2D eigenvalue weighted by atomic mass is 9.64. The molecule has 0 aromatic carbocycles. The van der Waals surface area contributed by atoms with Crippen molar-refractivity contribution in [3.8, 4) is 0 Å². The summed E-state index contributed by atoms with van der Waals surface area (Å²) in [5.41, 5.74) is 5.55. The fraction of sp³-hybridized carbons (Fsp3) is 0.857. The van der Waals surface area contributed by atoms with Gasteiger partial charge in [-0.1, -0.05) is 0 Å². The fourth-order valence-corrected chi connectivity index (χ4v) is 1.81. The molecular weight excluding hydrogens is 162 g/mol. The van der Waals surface area contributed by atoms with E-state index in [0.717, 1.165) is 19.6 Å². The van der Waals surface area contributed by atoms with Crippen molar-refractivity contribution >= 4 is 17.4 Å². The zero-order valence-electron chi connectivity index (χ0n) is 6.21. The quantitative estimate of drug-likeness (QED) is 0.584. The first kappa shape index (κ1) is 7.31. The minimum Gasteiger partial charge on any atom is -0.467 e. The number of hydrogen-bond donors (Lipinski definition) is 1. The molecule has 1 aliphatic carbocycles. The standard InChI is InChI=1S/C7H11NO2S/c8-6(11)10-5-1-2-7(5)3-9-4-7/h5H,1-4H2,(H2,8,11). The molecule has 2 fully saturated rings. The van der Waals surface area contributed by atoms with Crippen molar-refractivity contribution in [1.29, 1.82) is 0 Å². The summed E-state index contributed by atoms with van der Waals surface area (Å²) in [4.78, 5) is 0. The van der Waals surface area contributed by atoms with Gasteiger partial charge in [0.2, 0.25) is 0 Å². The van der Waals surface area contributed by atoms with Crippen LogP contribution < -0.4 is 5.73 Å². The molecule has 3 nitrogen and oxygen atoms in total. The first-order valence-electron chi connectivity index (χ1n) is 3.77. The highest BCUT2D eigenvalue weighted by atomic mass is 32.1. The molecule has 1 saturated heterocycles. The third kappa shape index (κ3) is 1.01. The summed E-state index contributed by atoms with van der Waals surface area (Å²) in [5, 5.41) is 0.168. The summed E-state index contributed by atoms with van der Waals surface area (Å²) in [6.07, 6.45) is 2.50. The van der Waals surface area contributed by atoms with Crippen LogP contribution in [0.5, 0.6) is 0 Å². The van der Waals surface area contributed by atoms with E-state index in [1.165, 1.54) is 6.42 Å². The van der Waals surface area contributed by atoms with Crippen LogP contribution in [0.3, 0.4) is 0 Å². The number of thiocarbonyl (C=S) groups is 1. The number of hydrogen-bond acceptors (Lipinski definition) is 3. The molecule has 0 aromatic heterocycles. The maximum atomic E-state index is 5.27. The Kier molecular flexibility index (Phi) is 1.54. The average Bonchev–Trinajstić information content (AvgIpc) is 1.76. The van der Waals surface area contributed by atoms with E-state index in [9.17, 15) is 0 Å². The Morgan fingerprint density at radius 2 is 2.36 bits per heavy atom. The van der Waals surface area contributed by atoms with Crippen molar-refractivity contribution in [1.82, 2.24) is 0 Å². The summed E-state index contributed by atoms with van der Waals surface area (Å²) >= 11 is 4.66. The van der Waals surface area contributed by atoms with Crippen molar-refractivity contribution in [2.24, 2.45) is 11.1 Å². The van der Waals surface area contributed by atoms with Gasteiger partial charge in [0.25, 0.3) is 5.17 Å². The number of rotatable bonds is 1. The monoisotopic (exact) mass is 173 g/mol. The molecule has 4 heteroatoms. The van der Waals surface area contributed by atoms with Gasteiger partial charge >= 0.3 is 0 Å². The molecule has 0 amide bonds. The molecule has 0 aromatic rings. The van der Waals surface area contributed by atoms with E-state index in [0.29, 0.717) is 0 Å². The van der Waals surface area contributed by atoms with Crippen molar-refractivity contribution < 1.29 is 9.47 Å². The maximum Gasteiger partial charge on any atom is 0.254 e. The summed E-state index contributed by atoms with van der Waals surface area (Å²) in [7, 11) is 0. The summed E-state index contributed by atoms with van der Waals surface area (Å²) in [6.45, 7) is 1.64. The molecule has 1 heterocycles. The van der Waals surface area contributed by atoms with Crippen LogP contribution in [0.25, 0.3) is 0 Å². The van der Waals surface area contributed by atoms with Gasteiger partial charge < -0.3 is 15.2 Å². The van der Waals surface area contributed by atoms with Crippen LogP contribution >= 0.6 is 12.2 Å². The molecule has 2 N–H and O–H groups in total. The van der Waals surface area contributed by atoms with Gasteiger partial charge in [0.05, 0.1) is 18.6 Å². The SMILES string of the molecule is NC(=S)OC1CCC12COC2. The van der Waals surface area contributed by atoms with Crippen molar-refractivity contribution in [2.45, 2.75) is 18.9 Å². The molecule has 1 atom stereocenters. The Morgan fingerprint density at radius 3 is 2.64 bits per heavy atom. The second-order valence-corrected chi connectivity index (χ2v) is 3.72. The molecule has 11 heavy (non-hydrogen) atoms. The average molecular weight is 173 g/mol. The number of ether oxygens (including phenoxy) is 2. The van der Waals surface area contributed by atoms with Crippen LogP contribution in [0.2, 0.25) is 0 Å². The van der Waals surface area contributed by atoms with Gasteiger partial charge in [0.1, 0.15) is 6.10 Å². The van der Waals surface area contributed by atoms with Gasteiger partial charge in [-0.2, -0.15) is 0 Å². The first-order valence-corrected chi connectivity index (χ1v) is 4.18. The van der Waals surface area contributed by atoms with Gasteiger partial charge in [-0.25, -0.2) is 0 Å². The second kappa shape index (κ2) is 2.32. The Bertz CT molecular complexity index is 185. The molecule has 1 aliphatic heterocycles. The highest BCUT2D eigenvalue weighted by Gasteiger charge is 2.54. The third-order valence-electron chi connectivity index (χ3n) is 2.62. The van der Waals surface area contributed by atoms with E-state index in [2.05, 4.69) is 12.2 Å². The Morgan fingerprint density at radius 1 is 1.64 bits per heavy atom. The lowest BCUT2D eigenvalue weighted by Crippen LogP contribution is -2.59. The molecule has 2 aliphatic rings. The maximum absolute atomic E-state index is 5.27. The number of nitrogens with two attached hydrogens (primary N) is 1. The van der Waals surface area contributed by atoms with E-state index in [1.54, 1.807) is 0 Å². The Balaban J connectivity index is 1.90. The minimum atomic E-state index is 0.168. The van der Waals surface area contributed by atoms with Crippen molar-refractivity contribution in [2.75, 3.05) is 13.2 Å². The van der Waals surface area contributed by atoms with Gasteiger partial charge in [0, 0.05) is 0 Å². The molecule has 0 bridgehead atoms. The van der Waals surface area contributed by atoms with Crippen LogP contribution in [0.15, 0.2) is 0 Å². The highest BCUT2D eigenvalue weighted by molar-refractivity contribution is 7.80. The third-order valence-corrected chi connectivity index (χ3v) is 2.72. The zero-order chi connectivity index (χ0) is 7.90. The van der Waals surface area contributed by atoms with Crippen LogP contribution in [0.4, 0.5) is 0 Å². The Hall–Kier alpha value is -0.350. The molecule has 2 rings (SSSR count). The molecule has 1 spiro atoms. The second-order valence-electron chi connectivity index (χ2n) is 3.32. The van der Waals surface area contributed by atoms with Gasteiger partial charge in [-0.15, -0.1) is 0 Å². The topological polar surface area (TPSA) is 44.5 Å². The first-order chi connectivity index (χ1) is 5.23. The van der Waals surface area contributed by atoms with Crippen molar-refractivity contribution in [3.05, 3.63) is 0 Å². The summed E-state index contributed by atoms with van der Waals surface area (Å²) < 4.78 is 10.4. The van der Waals surface area contributed by atoms with E-state index >= 15 is 0 Å². The summed E-state index contributed by atoms with van der Waals surface area (Å²) in [6, 6.07) is 0. The van der Waals surface area contributed by atoms with E-state index in [-0.39, 0.29) is 16.7 Å². The predicted octanol–water partition coefficient (Wildman–Crippen LogP) is 0.426. The van der Waals surface area contributed by atoms with Gasteiger partial charge in [-0.05, 0) is 25.1 Å². The Labute approximate surface area is 70.8 Å². The highest BCUT2D eigenvalue weighted by Crippen LogP contribution is 2.48. The minimum absolute atomic E-state index is 0.168. The molecule has 1 saturated carbocycles. The fourth-order valence-electron chi connectivity index (χ4n) is 1.69. The molecule has 0 radical (unpaired) electrons. The van der Waals surface area contributed by atoms with E-state index in [1.807, 2.05) is 0 Å². The lowest BCUT2D eigenvalue weighted by molar-refractivity contribution is -0.216. The zero-order valence-corrected chi connectivity index (χ0v) is 7.02. The molecule has 62 valence electrons. The predicted molar refractivity (Wildman–Crippen MR) is 44.1 cm³/mol. The van der Waals surface area contributed by atoms with E-state index < -0.39 is 0 Å². The molecular formula is C7H11NO2S. The van der Waals surface area contributed by atoms with Crippen LogP contribution in [0.1, 0.15) is 12.8 Å². The van der Waals surface area contributed by atoms with Crippen molar-refractivity contribution in [3.63, 3.8) is 0 Å². The lowest BCUT2D eigenvalue weighted by Gasteiger charge is -2.53. The van der Waals surface area contributed by atoms with Crippen LogP contribution in [-0.4, -0.2) is 24.5 Å². The largest absolute Gasteiger partial charge is 0.467 e. The van der Waals surface area contributed by atoms with Gasteiger partial charge in [0.15, 0.2) is 0 Å². The van der Waals surface area contributed by atoms with Crippen LogP contribution in [0, 0.1) is 5.41 Å². The normalized spacial score (nSPS) is 32.2.